The summed E-state index contributed by atoms with van der Waals surface area (Å²) in [6.45, 7) is 1.86. The summed E-state index contributed by atoms with van der Waals surface area (Å²) in [7, 11) is 0. The maximum absolute atomic E-state index is 12.0. The first-order valence-corrected chi connectivity index (χ1v) is 6.43. The number of rotatable bonds is 2. The highest BCUT2D eigenvalue weighted by Crippen LogP contribution is 2.22. The number of halogens is 2. The van der Waals surface area contributed by atoms with Gasteiger partial charge in [0.05, 0.1) is 10.6 Å². The summed E-state index contributed by atoms with van der Waals surface area (Å²) in [6, 6.07) is 10.5. The highest BCUT2D eigenvalue weighted by atomic mass is 79.9. The average molecular weight is 326 g/mol. The summed E-state index contributed by atoms with van der Waals surface area (Å²) >= 11 is 9.30. The van der Waals surface area contributed by atoms with Crippen molar-refractivity contribution in [3.63, 3.8) is 0 Å². The lowest BCUT2D eigenvalue weighted by atomic mass is 10.2. The maximum Gasteiger partial charge on any atom is 0.258 e. The Labute approximate surface area is 118 Å². The van der Waals surface area contributed by atoms with Gasteiger partial charge in [-0.2, -0.15) is 0 Å². The predicted molar refractivity (Wildman–Crippen MR) is 76.1 cm³/mol. The summed E-state index contributed by atoms with van der Waals surface area (Å²) in [6.07, 6.45) is 0. The number of aromatic nitrogens is 1. The van der Waals surface area contributed by atoms with Crippen LogP contribution < -0.4 is 5.32 Å². The van der Waals surface area contributed by atoms with Crippen LogP contribution in [0.25, 0.3) is 0 Å². The van der Waals surface area contributed by atoms with Crippen LogP contribution in [0.15, 0.2) is 40.9 Å². The lowest BCUT2D eigenvalue weighted by Crippen LogP contribution is -2.13. The van der Waals surface area contributed by atoms with Crippen LogP contribution in [0.3, 0.4) is 0 Å². The van der Waals surface area contributed by atoms with Crippen molar-refractivity contribution in [3.8, 4) is 0 Å². The molecule has 0 atom stereocenters. The third-order valence-corrected chi connectivity index (χ3v) is 3.11. The van der Waals surface area contributed by atoms with Crippen molar-refractivity contribution < 1.29 is 4.79 Å². The van der Waals surface area contributed by atoms with Gasteiger partial charge < -0.3 is 5.32 Å². The molecular weight excluding hydrogens is 316 g/mol. The van der Waals surface area contributed by atoms with Gasteiger partial charge in [-0.3, -0.25) is 4.79 Å². The molecule has 0 aliphatic heterocycles. The Morgan fingerprint density at radius 1 is 1.33 bits per heavy atom. The van der Waals surface area contributed by atoms with E-state index in [2.05, 4.69) is 26.2 Å². The Morgan fingerprint density at radius 3 is 2.78 bits per heavy atom. The smallest absolute Gasteiger partial charge is 0.258 e. The first-order valence-electron chi connectivity index (χ1n) is 5.26. The number of carbonyl (C=O) groups excluding carboxylic acids is 1. The SMILES string of the molecule is Cc1cccc(NC(=O)c2ccc(Br)cc2Cl)n1. The number of hydrogen-bond donors (Lipinski definition) is 1. The molecule has 0 saturated heterocycles. The van der Waals surface area contributed by atoms with E-state index in [1.165, 1.54) is 0 Å². The lowest BCUT2D eigenvalue weighted by molar-refractivity contribution is 0.102. The number of anilines is 1. The molecule has 2 aromatic rings. The fourth-order valence-corrected chi connectivity index (χ4v) is 2.23. The molecule has 0 bridgehead atoms. The van der Waals surface area contributed by atoms with Crippen LogP contribution in [-0.2, 0) is 0 Å². The van der Waals surface area contributed by atoms with E-state index in [0.29, 0.717) is 16.4 Å². The minimum atomic E-state index is -0.273. The zero-order valence-electron chi connectivity index (χ0n) is 9.58. The van der Waals surface area contributed by atoms with Crippen molar-refractivity contribution in [1.82, 2.24) is 4.98 Å². The number of pyridine rings is 1. The van der Waals surface area contributed by atoms with Crippen molar-refractivity contribution in [2.45, 2.75) is 6.92 Å². The summed E-state index contributed by atoms with van der Waals surface area (Å²) in [5.41, 5.74) is 1.26. The van der Waals surface area contributed by atoms with E-state index in [0.717, 1.165) is 10.2 Å². The highest BCUT2D eigenvalue weighted by Gasteiger charge is 2.11. The van der Waals surface area contributed by atoms with E-state index in [1.807, 2.05) is 19.1 Å². The van der Waals surface area contributed by atoms with Gasteiger partial charge in [-0.15, -0.1) is 0 Å². The Balaban J connectivity index is 2.22. The molecule has 2 rings (SSSR count). The number of nitrogens with one attached hydrogen (secondary N) is 1. The molecule has 0 spiro atoms. The van der Waals surface area contributed by atoms with Gasteiger partial charge in [0.2, 0.25) is 0 Å². The monoisotopic (exact) mass is 324 g/mol. The van der Waals surface area contributed by atoms with Gasteiger partial charge in [0, 0.05) is 10.2 Å². The van der Waals surface area contributed by atoms with E-state index >= 15 is 0 Å². The third-order valence-electron chi connectivity index (χ3n) is 2.31. The number of benzene rings is 1. The molecule has 1 amide bonds. The molecule has 0 fully saturated rings. The summed E-state index contributed by atoms with van der Waals surface area (Å²) in [5, 5.41) is 3.11. The zero-order chi connectivity index (χ0) is 13.1. The van der Waals surface area contributed by atoms with Gasteiger partial charge in [-0.05, 0) is 37.3 Å². The summed E-state index contributed by atoms with van der Waals surface area (Å²) in [5.74, 6) is 0.240. The second kappa shape index (κ2) is 5.50. The zero-order valence-corrected chi connectivity index (χ0v) is 11.9. The van der Waals surface area contributed by atoms with Crippen molar-refractivity contribution in [2.24, 2.45) is 0 Å². The molecular formula is C13H10BrClN2O. The molecule has 0 aliphatic rings. The Hall–Kier alpha value is -1.39. The molecule has 0 unspecified atom stereocenters. The van der Waals surface area contributed by atoms with Crippen molar-refractivity contribution in [3.05, 3.63) is 57.2 Å². The van der Waals surface area contributed by atoms with Crippen molar-refractivity contribution in [2.75, 3.05) is 5.32 Å². The Bertz CT molecular complexity index is 601. The van der Waals surface area contributed by atoms with Crippen LogP contribution in [0, 0.1) is 6.92 Å². The number of amides is 1. The number of carbonyl (C=O) groups is 1. The van der Waals surface area contributed by atoms with Crippen molar-refractivity contribution in [1.29, 1.82) is 0 Å². The van der Waals surface area contributed by atoms with Gasteiger partial charge in [-0.1, -0.05) is 33.6 Å². The van der Waals surface area contributed by atoms with Gasteiger partial charge in [0.1, 0.15) is 5.82 Å². The van der Waals surface area contributed by atoms with E-state index < -0.39 is 0 Å². The molecule has 1 heterocycles. The maximum atomic E-state index is 12.0. The number of nitrogens with zero attached hydrogens (tertiary/aromatic N) is 1. The summed E-state index contributed by atoms with van der Waals surface area (Å²) < 4.78 is 0.831. The minimum absolute atomic E-state index is 0.273. The fourth-order valence-electron chi connectivity index (χ4n) is 1.47. The van der Waals surface area contributed by atoms with Crippen molar-refractivity contribution >= 4 is 39.3 Å². The molecule has 5 heteroatoms. The normalized spacial score (nSPS) is 10.2. The largest absolute Gasteiger partial charge is 0.307 e. The molecule has 92 valence electrons. The van der Waals surface area contributed by atoms with E-state index in [9.17, 15) is 4.79 Å². The first kappa shape index (κ1) is 13.1. The van der Waals surface area contributed by atoms with E-state index in [-0.39, 0.29) is 5.91 Å². The van der Waals surface area contributed by atoms with Crippen LogP contribution in [0.4, 0.5) is 5.82 Å². The molecule has 3 nitrogen and oxygen atoms in total. The molecule has 1 aromatic heterocycles. The molecule has 1 aromatic carbocycles. The highest BCUT2D eigenvalue weighted by molar-refractivity contribution is 9.10. The fraction of sp³-hybridized carbons (Fsp3) is 0.0769. The minimum Gasteiger partial charge on any atom is -0.307 e. The number of hydrogen-bond acceptors (Lipinski definition) is 2. The quantitative estimate of drug-likeness (QED) is 0.905. The van der Waals surface area contributed by atoms with E-state index in [1.54, 1.807) is 24.3 Å². The van der Waals surface area contributed by atoms with Crippen LogP contribution in [0.5, 0.6) is 0 Å². The van der Waals surface area contributed by atoms with Gasteiger partial charge in [0.25, 0.3) is 5.91 Å². The topological polar surface area (TPSA) is 42.0 Å². The van der Waals surface area contributed by atoms with Crippen LogP contribution in [-0.4, -0.2) is 10.9 Å². The second-order valence-electron chi connectivity index (χ2n) is 3.74. The number of aryl methyl sites for hydroxylation is 1. The molecule has 1 N–H and O–H groups in total. The van der Waals surface area contributed by atoms with E-state index in [4.69, 9.17) is 11.6 Å². The summed E-state index contributed by atoms with van der Waals surface area (Å²) in [4.78, 5) is 16.2. The predicted octanol–water partition coefficient (Wildman–Crippen LogP) is 4.06. The third kappa shape index (κ3) is 3.09. The van der Waals surface area contributed by atoms with Crippen LogP contribution in [0.1, 0.15) is 16.1 Å². The Morgan fingerprint density at radius 2 is 2.11 bits per heavy atom. The molecule has 0 saturated carbocycles. The molecule has 0 radical (unpaired) electrons. The van der Waals surface area contributed by atoms with Gasteiger partial charge in [0.15, 0.2) is 0 Å². The van der Waals surface area contributed by atoms with Gasteiger partial charge in [-0.25, -0.2) is 4.98 Å². The average Bonchev–Trinajstić information content (AvgIpc) is 2.28. The molecule has 0 aliphatic carbocycles. The second-order valence-corrected chi connectivity index (χ2v) is 5.07. The molecule has 18 heavy (non-hydrogen) atoms. The van der Waals surface area contributed by atoms with Gasteiger partial charge >= 0.3 is 0 Å². The lowest BCUT2D eigenvalue weighted by Gasteiger charge is -2.06. The first-order chi connectivity index (χ1) is 8.56. The van der Waals surface area contributed by atoms with Crippen LogP contribution in [0.2, 0.25) is 5.02 Å². The van der Waals surface area contributed by atoms with Crippen LogP contribution >= 0.6 is 27.5 Å². The Kier molecular flexibility index (Phi) is 3.99. The standard InChI is InChI=1S/C13H10BrClN2O/c1-8-3-2-4-12(16-8)17-13(18)10-6-5-9(14)7-11(10)15/h2-7H,1H3,(H,16,17,18).